The van der Waals surface area contributed by atoms with Crippen molar-refractivity contribution in [1.29, 1.82) is 0 Å². The summed E-state index contributed by atoms with van der Waals surface area (Å²) in [5.74, 6) is -1.46. The number of nitrogens with one attached hydrogen (secondary N) is 2. The molecule has 2 aromatic rings. The van der Waals surface area contributed by atoms with Crippen LogP contribution in [0.15, 0.2) is 54.7 Å². The summed E-state index contributed by atoms with van der Waals surface area (Å²) in [5, 5.41) is 5.84. The van der Waals surface area contributed by atoms with Gasteiger partial charge in [0.25, 0.3) is 11.8 Å². The number of nitrogens with zero attached hydrogens (tertiary/aromatic N) is 2. The van der Waals surface area contributed by atoms with Gasteiger partial charge in [0.2, 0.25) is 5.91 Å². The van der Waals surface area contributed by atoms with Gasteiger partial charge < -0.3 is 15.5 Å². The number of fused-ring (bicyclic) bond motifs is 1. The van der Waals surface area contributed by atoms with E-state index in [-0.39, 0.29) is 17.7 Å². The third kappa shape index (κ3) is 3.97. The molecule has 0 bridgehead atoms. The topological polar surface area (TPSA) is 98.8 Å². The van der Waals surface area contributed by atoms with Crippen LogP contribution in [0.25, 0.3) is 0 Å². The zero-order valence-corrected chi connectivity index (χ0v) is 18.1. The molecule has 2 aliphatic rings. The van der Waals surface area contributed by atoms with E-state index in [9.17, 15) is 19.2 Å². The molecule has 9 heteroatoms. The molecule has 1 unspecified atom stereocenters. The van der Waals surface area contributed by atoms with Crippen molar-refractivity contribution in [1.82, 2.24) is 15.1 Å². The predicted octanol–water partition coefficient (Wildman–Crippen LogP) is 3.39. The van der Waals surface area contributed by atoms with Gasteiger partial charge in [-0.25, -0.2) is 4.79 Å². The smallest absolute Gasteiger partial charge is 0.321 e. The van der Waals surface area contributed by atoms with Crippen molar-refractivity contribution in [3.8, 4) is 0 Å². The fourth-order valence-electron chi connectivity index (χ4n) is 3.91. The van der Waals surface area contributed by atoms with Gasteiger partial charge in [0.15, 0.2) is 0 Å². The van der Waals surface area contributed by atoms with Crippen LogP contribution in [0.5, 0.6) is 0 Å². The molecule has 1 fully saturated rings. The summed E-state index contributed by atoms with van der Waals surface area (Å²) in [6.45, 7) is 3.82. The van der Waals surface area contributed by atoms with Crippen LogP contribution in [0.1, 0.15) is 39.1 Å². The molecule has 1 atom stereocenters. The summed E-state index contributed by atoms with van der Waals surface area (Å²) >= 11 is 5.96. The molecule has 32 heavy (non-hydrogen) atoms. The van der Waals surface area contributed by atoms with Crippen molar-refractivity contribution >= 4 is 41.0 Å². The van der Waals surface area contributed by atoms with Gasteiger partial charge in [-0.1, -0.05) is 36.4 Å². The lowest BCUT2D eigenvalue weighted by Crippen LogP contribution is -2.51. The van der Waals surface area contributed by atoms with Crippen molar-refractivity contribution < 1.29 is 19.2 Å². The number of carbonyl (C=O) groups excluding carboxylic acids is 4. The predicted molar refractivity (Wildman–Crippen MR) is 119 cm³/mol. The molecule has 0 aliphatic carbocycles. The Labute approximate surface area is 189 Å². The Morgan fingerprint density at radius 3 is 2.69 bits per heavy atom. The average molecular weight is 453 g/mol. The van der Waals surface area contributed by atoms with Gasteiger partial charge in [-0.3, -0.25) is 19.3 Å². The van der Waals surface area contributed by atoms with Crippen LogP contribution in [0.4, 0.5) is 10.5 Å². The molecule has 5 amide bonds. The van der Waals surface area contributed by atoms with Crippen LogP contribution in [-0.4, -0.2) is 46.6 Å². The van der Waals surface area contributed by atoms with Crippen LogP contribution in [-0.2, 0) is 11.3 Å². The number of amides is 5. The minimum atomic E-state index is -0.885. The molecule has 0 saturated carbocycles. The van der Waals surface area contributed by atoms with E-state index in [4.69, 9.17) is 11.6 Å². The number of benzene rings is 2. The van der Waals surface area contributed by atoms with E-state index in [1.54, 1.807) is 49.5 Å². The number of rotatable bonds is 4. The SMILES string of the molecule is C=C1CCC(N2C(=O)c3cccc(CN(C)C(=O)Nc4cccc(Cl)c4)c3C2=O)C(=O)N1. The first-order valence-corrected chi connectivity index (χ1v) is 10.4. The Morgan fingerprint density at radius 1 is 1.22 bits per heavy atom. The van der Waals surface area contributed by atoms with Gasteiger partial charge >= 0.3 is 6.03 Å². The van der Waals surface area contributed by atoms with Crippen molar-refractivity contribution in [2.24, 2.45) is 0 Å². The minimum Gasteiger partial charge on any atom is -0.329 e. The molecule has 2 aromatic carbocycles. The highest BCUT2D eigenvalue weighted by atomic mass is 35.5. The van der Waals surface area contributed by atoms with Crippen LogP contribution < -0.4 is 10.6 Å². The van der Waals surface area contributed by atoms with Gasteiger partial charge in [0, 0.05) is 30.0 Å². The van der Waals surface area contributed by atoms with Crippen LogP contribution in [0.3, 0.4) is 0 Å². The quantitative estimate of drug-likeness (QED) is 0.694. The van der Waals surface area contributed by atoms with E-state index in [0.717, 1.165) is 4.90 Å². The number of carbonyl (C=O) groups is 4. The molecule has 2 aliphatic heterocycles. The average Bonchev–Trinajstić information content (AvgIpc) is 2.99. The monoisotopic (exact) mass is 452 g/mol. The Balaban J connectivity index is 1.54. The first-order valence-electron chi connectivity index (χ1n) is 10.0. The summed E-state index contributed by atoms with van der Waals surface area (Å²) in [6, 6.07) is 10.4. The van der Waals surface area contributed by atoms with Gasteiger partial charge in [-0.2, -0.15) is 0 Å². The van der Waals surface area contributed by atoms with E-state index in [1.807, 2.05) is 0 Å². The largest absolute Gasteiger partial charge is 0.329 e. The maximum atomic E-state index is 13.2. The van der Waals surface area contributed by atoms with Gasteiger partial charge in [0.05, 0.1) is 11.1 Å². The third-order valence-corrected chi connectivity index (χ3v) is 5.73. The Hall–Kier alpha value is -3.65. The zero-order chi connectivity index (χ0) is 23.0. The summed E-state index contributed by atoms with van der Waals surface area (Å²) in [7, 11) is 1.58. The first kappa shape index (κ1) is 21.6. The molecular formula is C23H21ClN4O4. The molecule has 164 valence electrons. The number of imide groups is 1. The number of urea groups is 1. The van der Waals surface area contributed by atoms with Crippen molar-refractivity contribution in [3.05, 3.63) is 76.5 Å². The Kier molecular flexibility index (Phi) is 5.71. The molecule has 0 radical (unpaired) electrons. The standard InChI is InChI=1S/C23H21ClN4O4/c1-13-9-10-18(20(29)25-13)28-21(30)17-8-3-5-14(19(17)22(28)31)12-27(2)23(32)26-16-7-4-6-15(24)11-16/h3-8,11,18H,1,9-10,12H2,2H3,(H,25,29)(H,26,32). The molecule has 1 saturated heterocycles. The number of hydrogen-bond acceptors (Lipinski definition) is 4. The highest BCUT2D eigenvalue weighted by Crippen LogP contribution is 2.31. The van der Waals surface area contributed by atoms with Crippen molar-refractivity contribution in [3.63, 3.8) is 0 Å². The number of hydrogen-bond donors (Lipinski definition) is 2. The maximum absolute atomic E-state index is 13.2. The van der Waals surface area contributed by atoms with Gasteiger partial charge in [-0.05, 0) is 42.7 Å². The van der Waals surface area contributed by atoms with Crippen LogP contribution >= 0.6 is 11.6 Å². The maximum Gasteiger partial charge on any atom is 0.321 e. The molecule has 2 heterocycles. The summed E-state index contributed by atoms with van der Waals surface area (Å²) in [4.78, 5) is 53.6. The fourth-order valence-corrected chi connectivity index (χ4v) is 4.10. The van der Waals surface area contributed by atoms with Gasteiger partial charge in [-0.15, -0.1) is 0 Å². The lowest BCUT2D eigenvalue weighted by molar-refractivity contribution is -0.125. The number of anilines is 1. The van der Waals surface area contributed by atoms with Crippen molar-refractivity contribution in [2.45, 2.75) is 25.4 Å². The number of piperidine rings is 1. The van der Waals surface area contributed by atoms with Gasteiger partial charge in [0.1, 0.15) is 6.04 Å². The summed E-state index contributed by atoms with van der Waals surface area (Å²) < 4.78 is 0. The highest BCUT2D eigenvalue weighted by molar-refractivity contribution is 6.30. The van der Waals surface area contributed by atoms with E-state index >= 15 is 0 Å². The van der Waals surface area contributed by atoms with Crippen LogP contribution in [0, 0.1) is 0 Å². The second kappa shape index (κ2) is 8.47. The summed E-state index contributed by atoms with van der Waals surface area (Å²) in [5.41, 5.74) is 2.07. The van der Waals surface area contributed by atoms with E-state index in [2.05, 4.69) is 17.2 Å². The summed E-state index contributed by atoms with van der Waals surface area (Å²) in [6.07, 6.45) is 0.816. The van der Waals surface area contributed by atoms with E-state index in [1.165, 1.54) is 4.90 Å². The Bertz CT molecular complexity index is 1160. The first-order chi connectivity index (χ1) is 15.3. The molecule has 0 aromatic heterocycles. The molecule has 8 nitrogen and oxygen atoms in total. The lowest BCUT2D eigenvalue weighted by atomic mass is 10.0. The normalized spacial score (nSPS) is 17.8. The minimum absolute atomic E-state index is 0.0934. The van der Waals surface area contributed by atoms with E-state index < -0.39 is 29.8 Å². The van der Waals surface area contributed by atoms with E-state index in [0.29, 0.717) is 34.8 Å². The third-order valence-electron chi connectivity index (χ3n) is 5.50. The number of halogens is 1. The molecule has 0 spiro atoms. The highest BCUT2D eigenvalue weighted by Gasteiger charge is 2.44. The molecule has 4 rings (SSSR count). The molecule has 2 N–H and O–H groups in total. The second-order valence-corrected chi connectivity index (χ2v) is 8.20. The fraction of sp³-hybridized carbons (Fsp3) is 0.217. The van der Waals surface area contributed by atoms with Crippen molar-refractivity contribution in [2.75, 3.05) is 12.4 Å². The van der Waals surface area contributed by atoms with Crippen LogP contribution in [0.2, 0.25) is 5.02 Å². The molecular weight excluding hydrogens is 432 g/mol. The lowest BCUT2D eigenvalue weighted by Gasteiger charge is -2.29. The zero-order valence-electron chi connectivity index (χ0n) is 17.4. The Morgan fingerprint density at radius 2 is 1.97 bits per heavy atom. The number of allylic oxidation sites excluding steroid dienone is 1. The second-order valence-electron chi connectivity index (χ2n) is 7.76.